The van der Waals surface area contributed by atoms with Gasteiger partial charge in [-0.15, -0.1) is 0 Å². The van der Waals surface area contributed by atoms with Crippen LogP contribution in [0.2, 0.25) is 0 Å². The molecule has 4 nitrogen and oxygen atoms in total. The van der Waals surface area contributed by atoms with Crippen LogP contribution < -0.4 is 5.32 Å². The van der Waals surface area contributed by atoms with E-state index in [1.807, 2.05) is 18.9 Å². The molecule has 1 amide bonds. The molecule has 0 aromatic heterocycles. The number of nitrogens with zero attached hydrogens (tertiary/aromatic N) is 1. The molecule has 0 spiro atoms. The lowest BCUT2D eigenvalue weighted by molar-refractivity contribution is -0.122. The first-order valence-corrected chi connectivity index (χ1v) is 6.68. The van der Waals surface area contributed by atoms with Crippen molar-refractivity contribution in [3.05, 3.63) is 0 Å². The first-order valence-electron chi connectivity index (χ1n) is 6.68. The lowest BCUT2D eigenvalue weighted by Gasteiger charge is -2.18. The Morgan fingerprint density at radius 1 is 1.35 bits per heavy atom. The quantitative estimate of drug-likeness (QED) is 0.571. The van der Waals surface area contributed by atoms with Gasteiger partial charge >= 0.3 is 0 Å². The van der Waals surface area contributed by atoms with Crippen LogP contribution in [0, 0.1) is 0 Å². The largest absolute Gasteiger partial charge is 0.396 e. The third-order valence-corrected chi connectivity index (χ3v) is 2.74. The van der Waals surface area contributed by atoms with Crippen molar-refractivity contribution >= 4 is 5.91 Å². The van der Waals surface area contributed by atoms with Gasteiger partial charge in [-0.25, -0.2) is 0 Å². The van der Waals surface area contributed by atoms with Crippen molar-refractivity contribution in [2.24, 2.45) is 0 Å². The number of carbonyl (C=O) groups is 1. The molecule has 0 bridgehead atoms. The smallest absolute Gasteiger partial charge is 0.234 e. The molecule has 0 rings (SSSR count). The van der Waals surface area contributed by atoms with E-state index in [0.29, 0.717) is 6.54 Å². The number of rotatable bonds is 10. The summed E-state index contributed by atoms with van der Waals surface area (Å²) in [5.74, 6) is 0.107. The zero-order valence-corrected chi connectivity index (χ0v) is 11.5. The number of likely N-dealkylation sites (N-methyl/N-ethyl adjacent to an activating group) is 1. The van der Waals surface area contributed by atoms with Gasteiger partial charge < -0.3 is 10.4 Å². The van der Waals surface area contributed by atoms with Gasteiger partial charge in [0.05, 0.1) is 6.54 Å². The molecule has 0 aromatic carbocycles. The SMILES string of the molecule is CCCC(C)NC(=O)CN(C)CCCCCO. The van der Waals surface area contributed by atoms with Gasteiger partial charge in [-0.2, -0.15) is 0 Å². The number of hydrogen-bond acceptors (Lipinski definition) is 3. The predicted octanol–water partition coefficient (Wildman–Crippen LogP) is 1.39. The second kappa shape index (κ2) is 10.5. The Morgan fingerprint density at radius 2 is 2.06 bits per heavy atom. The number of aliphatic hydroxyl groups is 1. The predicted molar refractivity (Wildman–Crippen MR) is 70.9 cm³/mol. The fraction of sp³-hybridized carbons (Fsp3) is 0.923. The van der Waals surface area contributed by atoms with Crippen LogP contribution in [0.1, 0.15) is 46.0 Å². The Morgan fingerprint density at radius 3 is 2.65 bits per heavy atom. The monoisotopic (exact) mass is 244 g/mol. The molecule has 0 radical (unpaired) electrons. The lowest BCUT2D eigenvalue weighted by Crippen LogP contribution is -2.39. The maximum atomic E-state index is 11.6. The highest BCUT2D eigenvalue weighted by Crippen LogP contribution is 1.98. The van der Waals surface area contributed by atoms with E-state index in [1.165, 1.54) is 0 Å². The number of aliphatic hydroxyl groups excluding tert-OH is 1. The summed E-state index contributed by atoms with van der Waals surface area (Å²) in [4.78, 5) is 13.7. The van der Waals surface area contributed by atoms with Gasteiger partial charge in [0, 0.05) is 12.6 Å². The van der Waals surface area contributed by atoms with Crippen LogP contribution in [0.25, 0.3) is 0 Å². The van der Waals surface area contributed by atoms with Gasteiger partial charge in [0.1, 0.15) is 0 Å². The Bertz CT molecular complexity index is 198. The summed E-state index contributed by atoms with van der Waals surface area (Å²) in [6.07, 6.45) is 5.04. The van der Waals surface area contributed by atoms with E-state index in [0.717, 1.165) is 38.6 Å². The standard InChI is InChI=1S/C13H28N2O2/c1-4-8-12(2)14-13(17)11-15(3)9-6-5-7-10-16/h12,16H,4-11H2,1-3H3,(H,14,17). The third kappa shape index (κ3) is 10.3. The normalized spacial score (nSPS) is 12.8. The minimum atomic E-state index is 0.107. The Balaban J connectivity index is 3.58. The molecule has 0 fully saturated rings. The van der Waals surface area contributed by atoms with E-state index < -0.39 is 0 Å². The summed E-state index contributed by atoms with van der Waals surface area (Å²) in [5.41, 5.74) is 0. The minimum absolute atomic E-state index is 0.107. The molecule has 0 saturated heterocycles. The van der Waals surface area contributed by atoms with E-state index in [9.17, 15) is 4.79 Å². The molecule has 0 heterocycles. The van der Waals surface area contributed by atoms with Gasteiger partial charge in [0.2, 0.25) is 5.91 Å². The molecule has 0 aliphatic rings. The van der Waals surface area contributed by atoms with Crippen molar-refractivity contribution in [1.82, 2.24) is 10.2 Å². The first-order chi connectivity index (χ1) is 8.10. The van der Waals surface area contributed by atoms with Crippen molar-refractivity contribution < 1.29 is 9.90 Å². The van der Waals surface area contributed by atoms with Gasteiger partial charge in [-0.1, -0.05) is 13.3 Å². The van der Waals surface area contributed by atoms with Gasteiger partial charge in [0.25, 0.3) is 0 Å². The Hall–Kier alpha value is -0.610. The van der Waals surface area contributed by atoms with E-state index in [1.54, 1.807) is 0 Å². The van der Waals surface area contributed by atoms with Gasteiger partial charge in [-0.05, 0) is 46.2 Å². The number of hydrogen-bond donors (Lipinski definition) is 2. The minimum Gasteiger partial charge on any atom is -0.396 e. The number of amides is 1. The zero-order valence-electron chi connectivity index (χ0n) is 11.5. The molecule has 0 aromatic rings. The summed E-state index contributed by atoms with van der Waals surface area (Å²) in [6.45, 7) is 5.81. The Kier molecular flexibility index (Phi) is 10.2. The summed E-state index contributed by atoms with van der Waals surface area (Å²) in [7, 11) is 1.96. The molecule has 102 valence electrons. The van der Waals surface area contributed by atoms with Crippen LogP contribution in [-0.4, -0.2) is 48.7 Å². The maximum absolute atomic E-state index is 11.6. The third-order valence-electron chi connectivity index (χ3n) is 2.74. The number of unbranched alkanes of at least 4 members (excludes halogenated alkanes) is 2. The van der Waals surface area contributed by atoms with Crippen LogP contribution in [0.15, 0.2) is 0 Å². The van der Waals surface area contributed by atoms with Crippen molar-refractivity contribution in [1.29, 1.82) is 0 Å². The summed E-state index contributed by atoms with van der Waals surface area (Å²) >= 11 is 0. The fourth-order valence-corrected chi connectivity index (χ4v) is 1.82. The van der Waals surface area contributed by atoms with E-state index in [4.69, 9.17) is 5.11 Å². The number of carbonyl (C=O) groups excluding carboxylic acids is 1. The van der Waals surface area contributed by atoms with Crippen molar-refractivity contribution in [3.63, 3.8) is 0 Å². The first kappa shape index (κ1) is 16.4. The molecule has 17 heavy (non-hydrogen) atoms. The Labute approximate surface area is 105 Å². The molecule has 2 N–H and O–H groups in total. The summed E-state index contributed by atoms with van der Waals surface area (Å²) in [6, 6.07) is 0.273. The molecule has 1 atom stereocenters. The van der Waals surface area contributed by atoms with Crippen molar-refractivity contribution in [2.75, 3.05) is 26.7 Å². The summed E-state index contributed by atoms with van der Waals surface area (Å²) in [5, 5.41) is 11.6. The van der Waals surface area contributed by atoms with E-state index >= 15 is 0 Å². The highest BCUT2D eigenvalue weighted by atomic mass is 16.2. The van der Waals surface area contributed by atoms with Gasteiger partial charge in [0.15, 0.2) is 0 Å². The second-order valence-electron chi connectivity index (χ2n) is 4.78. The molecule has 0 aliphatic heterocycles. The second-order valence-corrected chi connectivity index (χ2v) is 4.78. The van der Waals surface area contributed by atoms with E-state index in [2.05, 4.69) is 12.2 Å². The number of nitrogens with one attached hydrogen (secondary N) is 1. The highest BCUT2D eigenvalue weighted by Gasteiger charge is 2.08. The van der Waals surface area contributed by atoms with Crippen LogP contribution >= 0.6 is 0 Å². The van der Waals surface area contributed by atoms with Crippen LogP contribution in [-0.2, 0) is 4.79 Å². The lowest BCUT2D eigenvalue weighted by atomic mass is 10.2. The fourth-order valence-electron chi connectivity index (χ4n) is 1.82. The highest BCUT2D eigenvalue weighted by molar-refractivity contribution is 5.78. The molecular formula is C13H28N2O2. The van der Waals surface area contributed by atoms with Crippen LogP contribution in [0.4, 0.5) is 0 Å². The van der Waals surface area contributed by atoms with Crippen molar-refractivity contribution in [2.45, 2.75) is 52.0 Å². The topological polar surface area (TPSA) is 52.6 Å². The molecule has 0 aliphatic carbocycles. The van der Waals surface area contributed by atoms with Gasteiger partial charge in [-0.3, -0.25) is 9.69 Å². The molecule has 4 heteroatoms. The van der Waals surface area contributed by atoms with Crippen molar-refractivity contribution in [3.8, 4) is 0 Å². The molecule has 1 unspecified atom stereocenters. The maximum Gasteiger partial charge on any atom is 0.234 e. The zero-order chi connectivity index (χ0) is 13.1. The van der Waals surface area contributed by atoms with Crippen LogP contribution in [0.5, 0.6) is 0 Å². The average Bonchev–Trinajstić information content (AvgIpc) is 2.24. The molecular weight excluding hydrogens is 216 g/mol. The average molecular weight is 244 g/mol. The summed E-state index contributed by atoms with van der Waals surface area (Å²) < 4.78 is 0. The van der Waals surface area contributed by atoms with E-state index in [-0.39, 0.29) is 18.6 Å². The molecule has 0 saturated carbocycles. The van der Waals surface area contributed by atoms with Crippen LogP contribution in [0.3, 0.4) is 0 Å².